The number of nitrogens with zero attached hydrogens (tertiary/aromatic N) is 2. The molecule has 2 saturated heterocycles. The second-order valence-corrected chi connectivity index (χ2v) is 6.70. The van der Waals surface area contributed by atoms with Gasteiger partial charge in [-0.1, -0.05) is 0 Å². The van der Waals surface area contributed by atoms with Crippen LogP contribution in [0.25, 0.3) is 0 Å². The van der Waals surface area contributed by atoms with E-state index in [2.05, 4.69) is 0 Å². The van der Waals surface area contributed by atoms with Crippen LogP contribution < -0.4 is 10.6 Å². The quantitative estimate of drug-likeness (QED) is 0.766. The molecule has 2 fully saturated rings. The average molecular weight is 382 g/mol. The van der Waals surface area contributed by atoms with E-state index >= 15 is 0 Å². The fourth-order valence-corrected chi connectivity index (χ4v) is 3.45. The lowest BCUT2D eigenvalue weighted by atomic mass is 10.1. The summed E-state index contributed by atoms with van der Waals surface area (Å²) in [5.74, 6) is 0.218. The third kappa shape index (κ3) is 4.96. The molecule has 1 aromatic carbocycles. The molecule has 144 valence electrons. The van der Waals surface area contributed by atoms with Gasteiger partial charge in [0, 0.05) is 43.9 Å². The highest BCUT2D eigenvalue weighted by atomic mass is 35.5. The number of carbonyl (C=O) groups is 2. The van der Waals surface area contributed by atoms with Crippen LogP contribution in [0, 0.1) is 0 Å². The number of amides is 2. The summed E-state index contributed by atoms with van der Waals surface area (Å²) in [4.78, 5) is 28.1. The largest absolute Gasteiger partial charge is 0.378 e. The van der Waals surface area contributed by atoms with Crippen LogP contribution in [0.4, 0.5) is 5.69 Å². The van der Waals surface area contributed by atoms with Gasteiger partial charge in [0.15, 0.2) is 0 Å². The fraction of sp³-hybridized carbons (Fsp3) is 0.579. The Hall–Kier alpha value is -1.63. The van der Waals surface area contributed by atoms with Gasteiger partial charge in [-0.2, -0.15) is 0 Å². The molecule has 0 saturated carbocycles. The van der Waals surface area contributed by atoms with Gasteiger partial charge >= 0.3 is 0 Å². The molecule has 2 amide bonds. The normalized spacial score (nSPS) is 18.1. The van der Waals surface area contributed by atoms with Crippen molar-refractivity contribution in [1.82, 2.24) is 4.90 Å². The first kappa shape index (κ1) is 20.7. The van der Waals surface area contributed by atoms with Gasteiger partial charge in [-0.25, -0.2) is 0 Å². The minimum Gasteiger partial charge on any atom is -0.378 e. The van der Waals surface area contributed by atoms with E-state index in [4.69, 9.17) is 10.5 Å². The van der Waals surface area contributed by atoms with Gasteiger partial charge in [0.2, 0.25) is 5.91 Å². The van der Waals surface area contributed by atoms with Crippen molar-refractivity contribution in [2.24, 2.45) is 5.73 Å². The Kier molecular flexibility index (Phi) is 7.87. The number of anilines is 1. The third-order valence-electron chi connectivity index (χ3n) is 4.93. The molecule has 2 N–H and O–H groups in total. The van der Waals surface area contributed by atoms with E-state index in [1.54, 1.807) is 4.90 Å². The van der Waals surface area contributed by atoms with Crippen LogP contribution in [-0.2, 0) is 9.53 Å². The zero-order valence-corrected chi connectivity index (χ0v) is 15.9. The molecular formula is C19H28ClN3O3. The van der Waals surface area contributed by atoms with Gasteiger partial charge < -0.3 is 20.3 Å². The first-order valence-electron chi connectivity index (χ1n) is 9.20. The summed E-state index contributed by atoms with van der Waals surface area (Å²) in [5, 5.41) is 0. The number of rotatable bonds is 6. The van der Waals surface area contributed by atoms with Crippen molar-refractivity contribution in [3.05, 3.63) is 29.8 Å². The number of piperidine rings is 1. The summed E-state index contributed by atoms with van der Waals surface area (Å²) in [6.45, 7) is 3.56. The van der Waals surface area contributed by atoms with Crippen LogP contribution >= 0.6 is 12.4 Å². The summed E-state index contributed by atoms with van der Waals surface area (Å²) in [7, 11) is 0. The third-order valence-corrected chi connectivity index (χ3v) is 4.93. The smallest absolute Gasteiger partial charge is 0.253 e. The number of hydrogen-bond donors (Lipinski definition) is 1. The lowest BCUT2D eigenvalue weighted by molar-refractivity contribution is -0.117. The number of carbonyl (C=O) groups excluding carboxylic acids is 2. The van der Waals surface area contributed by atoms with Crippen LogP contribution in [0.15, 0.2) is 24.3 Å². The maximum Gasteiger partial charge on any atom is 0.253 e. The first-order chi connectivity index (χ1) is 12.2. The van der Waals surface area contributed by atoms with E-state index in [-0.39, 0.29) is 30.3 Å². The maximum atomic E-state index is 12.7. The SMILES string of the molecule is Cl.NCCCOC1CCN(C(=O)c2ccc(N3CCCC3=O)cc2)CC1. The second kappa shape index (κ2) is 9.90. The van der Waals surface area contributed by atoms with Gasteiger partial charge in [-0.05, 0) is 56.5 Å². The van der Waals surface area contributed by atoms with Crippen molar-refractivity contribution in [2.75, 3.05) is 37.7 Å². The molecule has 6 nitrogen and oxygen atoms in total. The summed E-state index contributed by atoms with van der Waals surface area (Å²) in [6, 6.07) is 7.40. The molecule has 3 rings (SSSR count). The molecule has 2 heterocycles. The van der Waals surface area contributed by atoms with Crippen LogP contribution in [0.5, 0.6) is 0 Å². The van der Waals surface area contributed by atoms with Gasteiger partial charge in [-0.15, -0.1) is 12.4 Å². The Labute approximate surface area is 161 Å². The number of ether oxygens (including phenoxy) is 1. The summed E-state index contributed by atoms with van der Waals surface area (Å²) >= 11 is 0. The molecule has 7 heteroatoms. The number of hydrogen-bond acceptors (Lipinski definition) is 4. The molecular weight excluding hydrogens is 354 g/mol. The molecule has 0 radical (unpaired) electrons. The fourth-order valence-electron chi connectivity index (χ4n) is 3.45. The lowest BCUT2D eigenvalue weighted by Crippen LogP contribution is -2.41. The van der Waals surface area contributed by atoms with Crippen molar-refractivity contribution < 1.29 is 14.3 Å². The minimum atomic E-state index is 0. The van der Waals surface area contributed by atoms with Crippen molar-refractivity contribution in [3.8, 4) is 0 Å². The zero-order valence-electron chi connectivity index (χ0n) is 15.1. The lowest BCUT2D eigenvalue weighted by Gasteiger charge is -2.32. The van der Waals surface area contributed by atoms with Crippen molar-refractivity contribution >= 4 is 29.9 Å². The summed E-state index contributed by atoms with van der Waals surface area (Å²) in [6.07, 6.45) is 4.38. The van der Waals surface area contributed by atoms with Gasteiger partial charge in [0.05, 0.1) is 6.10 Å². The Morgan fingerprint density at radius 2 is 1.85 bits per heavy atom. The average Bonchev–Trinajstić information content (AvgIpc) is 3.08. The van der Waals surface area contributed by atoms with Gasteiger partial charge in [-0.3, -0.25) is 9.59 Å². The highest BCUT2D eigenvalue weighted by Crippen LogP contribution is 2.23. The second-order valence-electron chi connectivity index (χ2n) is 6.70. The monoisotopic (exact) mass is 381 g/mol. The van der Waals surface area contributed by atoms with Crippen LogP contribution in [0.3, 0.4) is 0 Å². The van der Waals surface area contributed by atoms with Gasteiger partial charge in [0.1, 0.15) is 0 Å². The minimum absolute atomic E-state index is 0. The number of halogens is 1. The van der Waals surface area contributed by atoms with Crippen LogP contribution in [-0.4, -0.2) is 55.6 Å². The van der Waals surface area contributed by atoms with E-state index in [1.165, 1.54) is 0 Å². The molecule has 2 aliphatic rings. The zero-order chi connectivity index (χ0) is 17.6. The number of benzene rings is 1. The van der Waals surface area contributed by atoms with E-state index in [9.17, 15) is 9.59 Å². The molecule has 26 heavy (non-hydrogen) atoms. The number of nitrogens with two attached hydrogens (primary N) is 1. The maximum absolute atomic E-state index is 12.7. The standard InChI is InChI=1S/C19H27N3O3.ClH/c20-10-2-14-25-17-8-12-21(13-9-17)19(24)15-4-6-16(7-5-15)22-11-1-3-18(22)23;/h4-7,17H,1-3,8-14,20H2;1H. The van der Waals surface area contributed by atoms with E-state index < -0.39 is 0 Å². The molecule has 0 bridgehead atoms. The summed E-state index contributed by atoms with van der Waals surface area (Å²) in [5.41, 5.74) is 7.03. The predicted octanol–water partition coefficient (Wildman–Crippen LogP) is 2.21. The van der Waals surface area contributed by atoms with Crippen LogP contribution in [0.1, 0.15) is 42.5 Å². The highest BCUT2D eigenvalue weighted by molar-refractivity contribution is 5.97. The van der Waals surface area contributed by atoms with E-state index in [0.717, 1.165) is 51.0 Å². The van der Waals surface area contributed by atoms with E-state index in [0.29, 0.717) is 25.1 Å². The van der Waals surface area contributed by atoms with Crippen molar-refractivity contribution in [2.45, 2.75) is 38.2 Å². The molecule has 0 atom stereocenters. The van der Waals surface area contributed by atoms with Crippen LogP contribution in [0.2, 0.25) is 0 Å². The number of likely N-dealkylation sites (tertiary alicyclic amines) is 1. The first-order valence-corrected chi connectivity index (χ1v) is 9.20. The molecule has 0 aromatic heterocycles. The van der Waals surface area contributed by atoms with Gasteiger partial charge in [0.25, 0.3) is 5.91 Å². The molecule has 0 unspecified atom stereocenters. The Morgan fingerprint density at radius 1 is 1.15 bits per heavy atom. The Balaban J connectivity index is 0.00000243. The molecule has 0 spiro atoms. The predicted molar refractivity (Wildman–Crippen MR) is 104 cm³/mol. The highest BCUT2D eigenvalue weighted by Gasteiger charge is 2.25. The van der Waals surface area contributed by atoms with E-state index in [1.807, 2.05) is 29.2 Å². The Bertz CT molecular complexity index is 601. The molecule has 0 aliphatic carbocycles. The Morgan fingerprint density at radius 3 is 2.42 bits per heavy atom. The van der Waals surface area contributed by atoms with Crippen molar-refractivity contribution in [3.63, 3.8) is 0 Å². The molecule has 1 aromatic rings. The summed E-state index contributed by atoms with van der Waals surface area (Å²) < 4.78 is 5.78. The van der Waals surface area contributed by atoms with Crippen molar-refractivity contribution in [1.29, 1.82) is 0 Å². The topological polar surface area (TPSA) is 75.9 Å². The molecule has 2 aliphatic heterocycles.